The van der Waals surface area contributed by atoms with E-state index in [1.165, 1.54) is 0 Å². The van der Waals surface area contributed by atoms with Crippen LogP contribution in [0.15, 0.2) is 22.7 Å². The van der Waals surface area contributed by atoms with Crippen molar-refractivity contribution in [3.63, 3.8) is 0 Å². The van der Waals surface area contributed by atoms with E-state index in [9.17, 15) is 5.11 Å². The van der Waals surface area contributed by atoms with Crippen LogP contribution in [0.1, 0.15) is 32.4 Å². The lowest BCUT2D eigenvalue weighted by Gasteiger charge is -2.23. The first-order valence-electron chi connectivity index (χ1n) is 5.48. The molecule has 0 aromatic heterocycles. The van der Waals surface area contributed by atoms with Gasteiger partial charge in [0.05, 0.1) is 17.7 Å². The molecule has 1 aromatic carbocycles. The van der Waals surface area contributed by atoms with Gasteiger partial charge >= 0.3 is 0 Å². The summed E-state index contributed by atoms with van der Waals surface area (Å²) < 4.78 is 6.04. The molecule has 0 heterocycles. The number of aliphatic hydroxyl groups excluding tert-OH is 1. The maximum atomic E-state index is 10.2. The number of benzene rings is 1. The van der Waals surface area contributed by atoms with Crippen LogP contribution in [0, 0.1) is 11.8 Å². The number of aliphatic hydroxyl groups is 1. The fourth-order valence-corrected chi connectivity index (χ4v) is 2.09. The molecule has 90 valence electrons. The number of ether oxygens (including phenoxy) is 1. The Balaban J connectivity index is 2.92. The number of halogens is 1. The normalized spacial score (nSPS) is 14.9. The van der Waals surface area contributed by atoms with Gasteiger partial charge in [-0.15, -0.1) is 0 Å². The molecule has 1 rings (SSSR count). The first-order chi connectivity index (χ1) is 7.47. The van der Waals surface area contributed by atoms with Crippen LogP contribution < -0.4 is 4.74 Å². The van der Waals surface area contributed by atoms with Crippen molar-refractivity contribution in [2.75, 3.05) is 7.11 Å². The smallest absolute Gasteiger partial charge is 0.133 e. The summed E-state index contributed by atoms with van der Waals surface area (Å²) in [5, 5.41) is 10.2. The molecule has 0 radical (unpaired) electrons. The Hall–Kier alpha value is -0.540. The van der Waals surface area contributed by atoms with E-state index in [0.29, 0.717) is 5.92 Å². The molecule has 2 unspecified atom stereocenters. The summed E-state index contributed by atoms with van der Waals surface area (Å²) in [5.74, 6) is 1.48. The van der Waals surface area contributed by atoms with Crippen LogP contribution in [0.2, 0.25) is 0 Å². The Labute approximate surface area is 106 Å². The predicted octanol–water partition coefficient (Wildman–Crippen LogP) is 3.78. The van der Waals surface area contributed by atoms with Gasteiger partial charge in [0.15, 0.2) is 0 Å². The van der Waals surface area contributed by atoms with Gasteiger partial charge in [-0.2, -0.15) is 0 Å². The molecule has 0 aliphatic heterocycles. The maximum absolute atomic E-state index is 10.2. The van der Waals surface area contributed by atoms with Gasteiger partial charge in [-0.05, 0) is 45.5 Å². The molecule has 0 saturated carbocycles. The van der Waals surface area contributed by atoms with Gasteiger partial charge in [-0.1, -0.05) is 26.8 Å². The molecule has 0 aliphatic carbocycles. The van der Waals surface area contributed by atoms with Gasteiger partial charge in [0.2, 0.25) is 0 Å². The van der Waals surface area contributed by atoms with Gasteiger partial charge in [-0.3, -0.25) is 0 Å². The van der Waals surface area contributed by atoms with Crippen molar-refractivity contribution in [3.05, 3.63) is 28.2 Å². The average Bonchev–Trinajstić information content (AvgIpc) is 2.26. The summed E-state index contributed by atoms with van der Waals surface area (Å²) in [6.07, 6.45) is -0.429. The lowest BCUT2D eigenvalue weighted by molar-refractivity contribution is 0.0920. The minimum absolute atomic E-state index is 0.236. The van der Waals surface area contributed by atoms with Gasteiger partial charge in [-0.25, -0.2) is 0 Å². The second-order valence-corrected chi connectivity index (χ2v) is 5.30. The summed E-state index contributed by atoms with van der Waals surface area (Å²) in [4.78, 5) is 0. The standard InChI is InChI=1S/C13H19BrO2/c1-8(2)9(3)13(15)10-5-6-12(16-4)11(14)7-10/h5-9,13,15H,1-4H3. The second-order valence-electron chi connectivity index (χ2n) is 4.44. The average molecular weight is 287 g/mol. The first-order valence-corrected chi connectivity index (χ1v) is 6.28. The fraction of sp³-hybridized carbons (Fsp3) is 0.538. The van der Waals surface area contributed by atoms with E-state index in [1.54, 1.807) is 7.11 Å². The quantitative estimate of drug-likeness (QED) is 0.913. The van der Waals surface area contributed by atoms with Crippen molar-refractivity contribution in [3.8, 4) is 5.75 Å². The third-order valence-corrected chi connectivity index (χ3v) is 3.69. The molecule has 0 bridgehead atoms. The Morgan fingerprint density at radius 2 is 1.88 bits per heavy atom. The third kappa shape index (κ3) is 2.98. The molecule has 0 spiro atoms. The lowest BCUT2D eigenvalue weighted by Crippen LogP contribution is -2.14. The highest BCUT2D eigenvalue weighted by Crippen LogP contribution is 2.32. The minimum Gasteiger partial charge on any atom is -0.496 e. The van der Waals surface area contributed by atoms with Crippen molar-refractivity contribution in [2.45, 2.75) is 26.9 Å². The summed E-state index contributed by atoms with van der Waals surface area (Å²) >= 11 is 3.43. The van der Waals surface area contributed by atoms with Gasteiger partial charge in [0.1, 0.15) is 5.75 Å². The molecule has 1 aromatic rings. The second kappa shape index (κ2) is 5.69. The van der Waals surface area contributed by atoms with Crippen LogP contribution in [0.25, 0.3) is 0 Å². The van der Waals surface area contributed by atoms with E-state index in [2.05, 4.69) is 36.7 Å². The molecular formula is C13H19BrO2. The van der Waals surface area contributed by atoms with Crippen LogP contribution in [0.5, 0.6) is 5.75 Å². The molecule has 2 nitrogen and oxygen atoms in total. The molecular weight excluding hydrogens is 268 g/mol. The highest BCUT2D eigenvalue weighted by atomic mass is 79.9. The Morgan fingerprint density at radius 1 is 1.25 bits per heavy atom. The van der Waals surface area contributed by atoms with E-state index in [4.69, 9.17) is 4.74 Å². The topological polar surface area (TPSA) is 29.5 Å². The lowest BCUT2D eigenvalue weighted by atomic mass is 9.88. The summed E-state index contributed by atoms with van der Waals surface area (Å²) in [6, 6.07) is 5.70. The Morgan fingerprint density at radius 3 is 2.31 bits per heavy atom. The molecule has 1 N–H and O–H groups in total. The monoisotopic (exact) mass is 286 g/mol. The highest BCUT2D eigenvalue weighted by Gasteiger charge is 2.20. The van der Waals surface area contributed by atoms with Gasteiger partial charge < -0.3 is 9.84 Å². The minimum atomic E-state index is -0.429. The Kier molecular flexibility index (Phi) is 4.81. The first kappa shape index (κ1) is 13.5. The molecule has 0 aliphatic rings. The van der Waals surface area contributed by atoms with Crippen molar-refractivity contribution in [1.29, 1.82) is 0 Å². The number of hydrogen-bond donors (Lipinski definition) is 1. The summed E-state index contributed by atoms with van der Waals surface area (Å²) in [7, 11) is 1.63. The fourth-order valence-electron chi connectivity index (χ4n) is 1.53. The van der Waals surface area contributed by atoms with Crippen LogP contribution in [-0.2, 0) is 0 Å². The largest absolute Gasteiger partial charge is 0.496 e. The van der Waals surface area contributed by atoms with Crippen LogP contribution in [0.4, 0.5) is 0 Å². The van der Waals surface area contributed by atoms with Crippen molar-refractivity contribution in [1.82, 2.24) is 0 Å². The molecule has 0 fully saturated rings. The summed E-state index contributed by atoms with van der Waals surface area (Å²) in [6.45, 7) is 6.30. The number of hydrogen-bond acceptors (Lipinski definition) is 2. The molecule has 16 heavy (non-hydrogen) atoms. The zero-order chi connectivity index (χ0) is 12.3. The van der Waals surface area contributed by atoms with Gasteiger partial charge in [0, 0.05) is 0 Å². The number of rotatable bonds is 4. The highest BCUT2D eigenvalue weighted by molar-refractivity contribution is 9.10. The van der Waals surface area contributed by atoms with Crippen LogP contribution in [-0.4, -0.2) is 12.2 Å². The van der Waals surface area contributed by atoms with E-state index in [1.807, 2.05) is 18.2 Å². The van der Waals surface area contributed by atoms with E-state index >= 15 is 0 Å². The Bertz CT molecular complexity index is 350. The summed E-state index contributed by atoms with van der Waals surface area (Å²) in [5.41, 5.74) is 0.925. The van der Waals surface area contributed by atoms with E-state index in [0.717, 1.165) is 15.8 Å². The SMILES string of the molecule is COc1ccc(C(O)C(C)C(C)C)cc1Br. The molecule has 0 amide bonds. The number of methoxy groups -OCH3 is 1. The van der Waals surface area contributed by atoms with Crippen LogP contribution in [0.3, 0.4) is 0 Å². The third-order valence-electron chi connectivity index (χ3n) is 3.07. The zero-order valence-corrected chi connectivity index (χ0v) is 11.8. The zero-order valence-electron chi connectivity index (χ0n) is 10.2. The van der Waals surface area contributed by atoms with E-state index < -0.39 is 6.10 Å². The van der Waals surface area contributed by atoms with Crippen molar-refractivity contribution in [2.24, 2.45) is 11.8 Å². The van der Waals surface area contributed by atoms with Crippen molar-refractivity contribution < 1.29 is 9.84 Å². The van der Waals surface area contributed by atoms with Gasteiger partial charge in [0.25, 0.3) is 0 Å². The molecule has 2 atom stereocenters. The molecule has 0 saturated heterocycles. The molecule has 3 heteroatoms. The maximum Gasteiger partial charge on any atom is 0.133 e. The van der Waals surface area contributed by atoms with E-state index in [-0.39, 0.29) is 5.92 Å². The van der Waals surface area contributed by atoms with Crippen molar-refractivity contribution >= 4 is 15.9 Å². The predicted molar refractivity (Wildman–Crippen MR) is 69.7 cm³/mol. The van der Waals surface area contributed by atoms with Crippen LogP contribution >= 0.6 is 15.9 Å².